The lowest BCUT2D eigenvalue weighted by Crippen LogP contribution is -2.30. The van der Waals surface area contributed by atoms with Gasteiger partial charge in [0.05, 0.1) is 11.9 Å². The summed E-state index contributed by atoms with van der Waals surface area (Å²) in [6.45, 7) is 1.24. The molecule has 0 radical (unpaired) electrons. The molecule has 8 nitrogen and oxygen atoms in total. The Balaban J connectivity index is 1.63. The molecule has 1 aliphatic rings. The van der Waals surface area contributed by atoms with E-state index in [0.717, 1.165) is 37.5 Å². The van der Waals surface area contributed by atoms with Crippen LogP contribution >= 0.6 is 0 Å². The summed E-state index contributed by atoms with van der Waals surface area (Å²) >= 11 is 0. The molecule has 3 aromatic rings. The molecular formula is C18H20N6O2. The number of H-pyrrole nitrogens is 1. The van der Waals surface area contributed by atoms with Crippen LogP contribution in [-0.2, 0) is 19.5 Å². The molecule has 8 heteroatoms. The minimum atomic E-state index is -0.303. The summed E-state index contributed by atoms with van der Waals surface area (Å²) < 4.78 is 2.12. The topological polar surface area (TPSA) is 96.8 Å². The van der Waals surface area contributed by atoms with Crippen molar-refractivity contribution in [1.29, 1.82) is 0 Å². The summed E-state index contributed by atoms with van der Waals surface area (Å²) in [6, 6.07) is 6.98. The number of nitrogens with zero attached hydrogens (tertiary/aromatic N) is 5. The molecule has 0 fully saturated rings. The van der Waals surface area contributed by atoms with Crippen LogP contribution < -0.4 is 5.56 Å². The van der Waals surface area contributed by atoms with Gasteiger partial charge in [-0.05, 0) is 18.9 Å². The first-order valence-corrected chi connectivity index (χ1v) is 8.79. The molecule has 134 valence electrons. The number of benzene rings is 1. The average Bonchev–Trinajstić information content (AvgIpc) is 2.88. The number of amides is 1. The van der Waals surface area contributed by atoms with Crippen molar-refractivity contribution in [2.45, 2.75) is 38.8 Å². The Morgan fingerprint density at radius 1 is 1.19 bits per heavy atom. The summed E-state index contributed by atoms with van der Waals surface area (Å²) in [4.78, 5) is 26.4. The van der Waals surface area contributed by atoms with Crippen LogP contribution in [0.3, 0.4) is 0 Å². The Kier molecular flexibility index (Phi) is 4.24. The van der Waals surface area contributed by atoms with Crippen LogP contribution in [0.25, 0.3) is 10.8 Å². The predicted molar refractivity (Wildman–Crippen MR) is 95.7 cm³/mol. The molecule has 1 amide bonds. The Morgan fingerprint density at radius 2 is 2.00 bits per heavy atom. The fraction of sp³-hybridized carbons (Fsp3) is 0.389. The second-order valence-electron chi connectivity index (χ2n) is 6.60. The third-order valence-electron chi connectivity index (χ3n) is 4.81. The van der Waals surface area contributed by atoms with Crippen LogP contribution in [-0.4, -0.2) is 42.8 Å². The van der Waals surface area contributed by atoms with Crippen LogP contribution in [0.2, 0.25) is 0 Å². The van der Waals surface area contributed by atoms with Gasteiger partial charge in [-0.3, -0.25) is 9.59 Å². The summed E-state index contributed by atoms with van der Waals surface area (Å²) in [5, 5.41) is 15.9. The first-order chi connectivity index (χ1) is 12.6. The number of aromatic nitrogens is 5. The van der Waals surface area contributed by atoms with Crippen LogP contribution in [0, 0.1) is 0 Å². The Hall–Kier alpha value is -3.03. The second-order valence-corrected chi connectivity index (χ2v) is 6.60. The van der Waals surface area contributed by atoms with Crippen LogP contribution in [0.1, 0.15) is 41.4 Å². The fourth-order valence-corrected chi connectivity index (χ4v) is 3.40. The zero-order chi connectivity index (χ0) is 18.1. The van der Waals surface area contributed by atoms with Gasteiger partial charge in [0, 0.05) is 25.4 Å². The molecule has 0 saturated carbocycles. The highest BCUT2D eigenvalue weighted by Crippen LogP contribution is 2.17. The van der Waals surface area contributed by atoms with E-state index in [0.29, 0.717) is 17.3 Å². The van der Waals surface area contributed by atoms with Crippen LogP contribution in [0.5, 0.6) is 0 Å². The number of rotatable bonds is 3. The van der Waals surface area contributed by atoms with Crippen molar-refractivity contribution in [1.82, 2.24) is 29.9 Å². The van der Waals surface area contributed by atoms with Gasteiger partial charge in [-0.2, -0.15) is 5.10 Å². The van der Waals surface area contributed by atoms with Crippen molar-refractivity contribution in [3.8, 4) is 0 Å². The number of carbonyl (C=O) groups is 1. The smallest absolute Gasteiger partial charge is 0.275 e. The minimum absolute atomic E-state index is 0.235. The number of carbonyl (C=O) groups excluding carboxylic acids is 1. The highest BCUT2D eigenvalue weighted by atomic mass is 16.2. The first-order valence-electron chi connectivity index (χ1n) is 8.79. The standard InChI is InChI=1S/C18H20N6O2/c1-23(11-15-20-19-14-9-3-2-6-10-24(14)15)18(26)16-12-7-4-5-8-13(12)17(25)22-21-16/h4-5,7-8H,2-3,6,9-11H2,1H3,(H,22,25). The molecule has 0 atom stereocenters. The molecule has 1 aliphatic heterocycles. The van der Waals surface area contributed by atoms with Gasteiger partial charge in [-0.1, -0.05) is 24.6 Å². The predicted octanol–water partition coefficient (Wildman–Crippen LogP) is 1.51. The number of hydrogen-bond donors (Lipinski definition) is 1. The molecule has 1 N–H and O–H groups in total. The maximum atomic E-state index is 12.9. The van der Waals surface area contributed by atoms with Crippen LogP contribution in [0.4, 0.5) is 0 Å². The van der Waals surface area contributed by atoms with Crippen molar-refractivity contribution in [3.63, 3.8) is 0 Å². The molecule has 0 saturated heterocycles. The van der Waals surface area contributed by atoms with Crippen LogP contribution in [0.15, 0.2) is 29.1 Å². The lowest BCUT2D eigenvalue weighted by atomic mass is 10.1. The third kappa shape index (κ3) is 2.87. The highest BCUT2D eigenvalue weighted by molar-refractivity contribution is 6.04. The summed E-state index contributed by atoms with van der Waals surface area (Å²) in [7, 11) is 1.71. The fourth-order valence-electron chi connectivity index (χ4n) is 3.40. The molecule has 0 spiro atoms. The quantitative estimate of drug-likeness (QED) is 0.771. The average molecular weight is 352 g/mol. The molecule has 0 aliphatic carbocycles. The van der Waals surface area contributed by atoms with Gasteiger partial charge in [0.1, 0.15) is 5.82 Å². The van der Waals surface area contributed by atoms with E-state index in [4.69, 9.17) is 0 Å². The Morgan fingerprint density at radius 3 is 2.85 bits per heavy atom. The van der Waals surface area contributed by atoms with Gasteiger partial charge in [0.25, 0.3) is 11.5 Å². The third-order valence-corrected chi connectivity index (χ3v) is 4.81. The van der Waals surface area contributed by atoms with E-state index < -0.39 is 0 Å². The Labute approximate surface area is 149 Å². The largest absolute Gasteiger partial charge is 0.333 e. The lowest BCUT2D eigenvalue weighted by molar-refractivity contribution is 0.0775. The molecule has 0 unspecified atom stereocenters. The molecule has 2 aromatic heterocycles. The van der Waals surface area contributed by atoms with E-state index in [1.807, 2.05) is 0 Å². The van der Waals surface area contributed by atoms with Crippen molar-refractivity contribution < 1.29 is 4.79 Å². The van der Waals surface area contributed by atoms with E-state index in [9.17, 15) is 9.59 Å². The van der Waals surface area contributed by atoms with Gasteiger partial charge >= 0.3 is 0 Å². The maximum Gasteiger partial charge on any atom is 0.275 e. The molecule has 1 aromatic carbocycles. The van der Waals surface area contributed by atoms with Gasteiger partial charge in [0.15, 0.2) is 11.5 Å². The SMILES string of the molecule is CN(Cc1nnc2n1CCCCC2)C(=O)c1n[nH]c(=O)c2ccccc12. The van der Waals surface area contributed by atoms with E-state index in [-0.39, 0.29) is 17.2 Å². The first kappa shape index (κ1) is 16.4. The van der Waals surface area contributed by atoms with Crippen molar-refractivity contribution >= 4 is 16.7 Å². The van der Waals surface area contributed by atoms with E-state index in [1.165, 1.54) is 6.42 Å². The lowest BCUT2D eigenvalue weighted by Gasteiger charge is -2.17. The summed E-state index contributed by atoms with van der Waals surface area (Å²) in [6.07, 6.45) is 4.34. The number of nitrogens with one attached hydrogen (secondary N) is 1. The highest BCUT2D eigenvalue weighted by Gasteiger charge is 2.21. The van der Waals surface area contributed by atoms with Gasteiger partial charge in [-0.25, -0.2) is 5.10 Å². The normalized spacial score (nSPS) is 14.0. The Bertz CT molecular complexity index is 1020. The number of fused-ring (bicyclic) bond motifs is 2. The minimum Gasteiger partial charge on any atom is -0.333 e. The molecule has 26 heavy (non-hydrogen) atoms. The maximum absolute atomic E-state index is 12.9. The van der Waals surface area contributed by atoms with Gasteiger partial charge < -0.3 is 9.47 Å². The monoisotopic (exact) mass is 352 g/mol. The van der Waals surface area contributed by atoms with Gasteiger partial charge in [0.2, 0.25) is 0 Å². The molecular weight excluding hydrogens is 332 g/mol. The summed E-state index contributed by atoms with van der Waals surface area (Å²) in [5.41, 5.74) is -0.0686. The zero-order valence-corrected chi connectivity index (χ0v) is 14.6. The van der Waals surface area contributed by atoms with Crippen molar-refractivity contribution in [2.75, 3.05) is 7.05 Å². The summed E-state index contributed by atoms with van der Waals surface area (Å²) in [5.74, 6) is 1.51. The van der Waals surface area contributed by atoms with E-state index >= 15 is 0 Å². The van der Waals surface area contributed by atoms with E-state index in [2.05, 4.69) is 25.0 Å². The molecule has 3 heterocycles. The van der Waals surface area contributed by atoms with Gasteiger partial charge in [-0.15, -0.1) is 10.2 Å². The second kappa shape index (κ2) is 6.70. The van der Waals surface area contributed by atoms with Crippen molar-refractivity contribution in [2.24, 2.45) is 0 Å². The molecule has 0 bridgehead atoms. The van der Waals surface area contributed by atoms with E-state index in [1.54, 1.807) is 36.2 Å². The number of aromatic amines is 1. The molecule has 4 rings (SSSR count). The number of aryl methyl sites for hydroxylation is 1. The zero-order valence-electron chi connectivity index (χ0n) is 14.6. The van der Waals surface area contributed by atoms with Crippen molar-refractivity contribution in [3.05, 3.63) is 52.0 Å². The number of hydrogen-bond acceptors (Lipinski definition) is 5.